The van der Waals surface area contributed by atoms with Crippen molar-refractivity contribution < 1.29 is 14.3 Å². The zero-order chi connectivity index (χ0) is 21.0. The summed E-state index contributed by atoms with van der Waals surface area (Å²) in [6, 6.07) is 3.22. The molecule has 0 aliphatic carbocycles. The number of carbonyl (C=O) groups excluding carboxylic acids is 1. The van der Waals surface area contributed by atoms with E-state index in [1.807, 2.05) is 0 Å². The Bertz CT molecular complexity index is 885. The number of anilines is 2. The molecule has 0 saturated carbocycles. The maximum absolute atomic E-state index is 12.8. The summed E-state index contributed by atoms with van der Waals surface area (Å²) in [6.45, 7) is 8.74. The molecule has 1 aromatic heterocycles. The lowest BCUT2D eigenvalue weighted by atomic mass is 10.2. The number of carbonyl (C=O) groups is 1. The highest BCUT2D eigenvalue weighted by atomic mass is 35.5. The SMILES string of the molecule is CCN1CCN(c2ncc(C(=O)Nc3cc(Cl)c(OC)cc3OC)c(C)n2)CC1. The third-order valence-corrected chi connectivity index (χ3v) is 5.33. The van der Waals surface area contributed by atoms with Crippen LogP contribution in [0.5, 0.6) is 11.5 Å². The summed E-state index contributed by atoms with van der Waals surface area (Å²) in [5.74, 6) is 1.24. The van der Waals surface area contributed by atoms with Crippen molar-refractivity contribution in [3.8, 4) is 11.5 Å². The van der Waals surface area contributed by atoms with E-state index in [0.29, 0.717) is 39.4 Å². The minimum absolute atomic E-state index is 0.329. The van der Waals surface area contributed by atoms with Crippen LogP contribution in [0.3, 0.4) is 0 Å². The number of benzene rings is 1. The Morgan fingerprint density at radius 3 is 2.45 bits per heavy atom. The largest absolute Gasteiger partial charge is 0.495 e. The molecular weight excluding hydrogens is 394 g/mol. The average molecular weight is 420 g/mol. The minimum atomic E-state index is -0.329. The van der Waals surface area contributed by atoms with Gasteiger partial charge < -0.3 is 24.6 Å². The van der Waals surface area contributed by atoms with Crippen molar-refractivity contribution in [2.24, 2.45) is 0 Å². The second-order valence-electron chi connectivity index (χ2n) is 6.73. The fourth-order valence-corrected chi connectivity index (χ4v) is 3.48. The Morgan fingerprint density at radius 1 is 1.17 bits per heavy atom. The Hall–Kier alpha value is -2.58. The van der Waals surface area contributed by atoms with Gasteiger partial charge in [0.1, 0.15) is 11.5 Å². The predicted molar refractivity (Wildman–Crippen MR) is 114 cm³/mol. The summed E-state index contributed by atoms with van der Waals surface area (Å²) in [5, 5.41) is 3.19. The van der Waals surface area contributed by atoms with Crippen LogP contribution in [-0.2, 0) is 0 Å². The van der Waals surface area contributed by atoms with E-state index in [9.17, 15) is 4.79 Å². The second kappa shape index (κ2) is 9.28. The standard InChI is InChI=1S/C20H26ClN5O3/c1-5-25-6-8-26(9-7-25)20-22-12-14(13(2)23-20)19(27)24-16-10-15(21)17(28-3)11-18(16)29-4/h10-12H,5-9H2,1-4H3,(H,24,27). The van der Waals surface area contributed by atoms with E-state index in [-0.39, 0.29) is 5.91 Å². The summed E-state index contributed by atoms with van der Waals surface area (Å²) in [5.41, 5.74) is 1.46. The second-order valence-corrected chi connectivity index (χ2v) is 7.14. The number of aryl methyl sites for hydroxylation is 1. The maximum Gasteiger partial charge on any atom is 0.259 e. The molecule has 2 aromatic rings. The number of rotatable bonds is 6. The number of hydrogen-bond acceptors (Lipinski definition) is 7. The van der Waals surface area contributed by atoms with Crippen LogP contribution in [0.2, 0.25) is 5.02 Å². The summed E-state index contributed by atoms with van der Waals surface area (Å²) in [7, 11) is 3.03. The van der Waals surface area contributed by atoms with Gasteiger partial charge in [-0.15, -0.1) is 0 Å². The first kappa shape index (κ1) is 21.1. The van der Waals surface area contributed by atoms with Gasteiger partial charge in [-0.2, -0.15) is 0 Å². The van der Waals surface area contributed by atoms with Gasteiger partial charge in [0.15, 0.2) is 0 Å². The van der Waals surface area contributed by atoms with Crippen LogP contribution in [0.4, 0.5) is 11.6 Å². The van der Waals surface area contributed by atoms with Gasteiger partial charge in [-0.1, -0.05) is 18.5 Å². The molecule has 9 heteroatoms. The third-order valence-electron chi connectivity index (χ3n) is 5.04. The van der Waals surface area contributed by atoms with Crippen molar-refractivity contribution in [1.82, 2.24) is 14.9 Å². The third kappa shape index (κ3) is 4.71. The number of ether oxygens (including phenoxy) is 2. The fraction of sp³-hybridized carbons (Fsp3) is 0.450. The monoisotopic (exact) mass is 419 g/mol. The van der Waals surface area contributed by atoms with Crippen molar-refractivity contribution in [1.29, 1.82) is 0 Å². The first-order chi connectivity index (χ1) is 14.0. The van der Waals surface area contributed by atoms with E-state index >= 15 is 0 Å². The molecule has 0 atom stereocenters. The molecule has 2 heterocycles. The molecule has 0 radical (unpaired) electrons. The van der Waals surface area contributed by atoms with Crippen LogP contribution < -0.4 is 19.7 Å². The Morgan fingerprint density at radius 2 is 1.86 bits per heavy atom. The van der Waals surface area contributed by atoms with Gasteiger partial charge in [0.05, 0.1) is 36.2 Å². The Balaban J connectivity index is 1.76. The normalized spacial score (nSPS) is 14.6. The molecular formula is C20H26ClN5O3. The van der Waals surface area contributed by atoms with Gasteiger partial charge in [0, 0.05) is 38.4 Å². The predicted octanol–water partition coefficient (Wildman–Crippen LogP) is 2.85. The van der Waals surface area contributed by atoms with E-state index in [1.54, 1.807) is 25.3 Å². The summed E-state index contributed by atoms with van der Waals surface area (Å²) < 4.78 is 10.5. The number of nitrogens with zero attached hydrogens (tertiary/aromatic N) is 4. The van der Waals surface area contributed by atoms with E-state index in [0.717, 1.165) is 32.7 Å². The molecule has 1 N–H and O–H groups in total. The van der Waals surface area contributed by atoms with Gasteiger partial charge in [0.25, 0.3) is 5.91 Å². The minimum Gasteiger partial charge on any atom is -0.495 e. The zero-order valence-corrected chi connectivity index (χ0v) is 17.9. The van der Waals surface area contributed by atoms with Crippen molar-refractivity contribution in [3.63, 3.8) is 0 Å². The van der Waals surface area contributed by atoms with E-state index in [2.05, 4.69) is 32.0 Å². The molecule has 0 spiro atoms. The van der Waals surface area contributed by atoms with Gasteiger partial charge >= 0.3 is 0 Å². The fourth-order valence-electron chi connectivity index (χ4n) is 3.24. The molecule has 1 amide bonds. The number of piperazine rings is 1. The number of nitrogens with one attached hydrogen (secondary N) is 1. The van der Waals surface area contributed by atoms with Crippen LogP contribution in [0.15, 0.2) is 18.3 Å². The molecule has 156 valence electrons. The van der Waals surface area contributed by atoms with Crippen molar-refractivity contribution in [2.75, 3.05) is 57.2 Å². The van der Waals surface area contributed by atoms with Gasteiger partial charge in [-0.05, 0) is 19.5 Å². The van der Waals surface area contributed by atoms with Crippen molar-refractivity contribution >= 4 is 29.1 Å². The Kier molecular flexibility index (Phi) is 6.76. The highest BCUT2D eigenvalue weighted by Crippen LogP contribution is 2.36. The number of methoxy groups -OCH3 is 2. The highest BCUT2D eigenvalue weighted by molar-refractivity contribution is 6.32. The topological polar surface area (TPSA) is 79.8 Å². The molecule has 8 nitrogen and oxygen atoms in total. The molecule has 29 heavy (non-hydrogen) atoms. The molecule has 0 bridgehead atoms. The van der Waals surface area contributed by atoms with E-state index < -0.39 is 0 Å². The van der Waals surface area contributed by atoms with Crippen molar-refractivity contribution in [2.45, 2.75) is 13.8 Å². The van der Waals surface area contributed by atoms with Crippen LogP contribution in [0.25, 0.3) is 0 Å². The zero-order valence-electron chi connectivity index (χ0n) is 17.2. The lowest BCUT2D eigenvalue weighted by Crippen LogP contribution is -2.46. The lowest BCUT2D eigenvalue weighted by molar-refractivity contribution is 0.102. The van der Waals surface area contributed by atoms with E-state index in [1.165, 1.54) is 14.2 Å². The summed E-state index contributed by atoms with van der Waals surface area (Å²) in [6.07, 6.45) is 1.57. The number of halogens is 1. The number of likely N-dealkylation sites (N-methyl/N-ethyl adjacent to an activating group) is 1. The van der Waals surface area contributed by atoms with Gasteiger partial charge in [-0.3, -0.25) is 4.79 Å². The maximum atomic E-state index is 12.8. The summed E-state index contributed by atoms with van der Waals surface area (Å²) in [4.78, 5) is 26.3. The van der Waals surface area contributed by atoms with Gasteiger partial charge in [0.2, 0.25) is 5.95 Å². The number of hydrogen-bond donors (Lipinski definition) is 1. The Labute approximate surface area is 175 Å². The molecule has 0 unspecified atom stereocenters. The van der Waals surface area contributed by atoms with Crippen LogP contribution >= 0.6 is 11.6 Å². The number of amides is 1. The highest BCUT2D eigenvalue weighted by Gasteiger charge is 2.20. The quantitative estimate of drug-likeness (QED) is 0.771. The average Bonchev–Trinajstić information content (AvgIpc) is 2.73. The van der Waals surface area contributed by atoms with E-state index in [4.69, 9.17) is 21.1 Å². The molecule has 1 aliphatic heterocycles. The first-order valence-corrected chi connectivity index (χ1v) is 9.88. The summed E-state index contributed by atoms with van der Waals surface area (Å²) >= 11 is 6.18. The first-order valence-electron chi connectivity index (χ1n) is 9.50. The molecule has 3 rings (SSSR count). The van der Waals surface area contributed by atoms with Crippen molar-refractivity contribution in [3.05, 3.63) is 34.6 Å². The van der Waals surface area contributed by atoms with Crippen LogP contribution in [0, 0.1) is 6.92 Å². The lowest BCUT2D eigenvalue weighted by Gasteiger charge is -2.34. The smallest absolute Gasteiger partial charge is 0.259 e. The molecule has 1 fully saturated rings. The number of aromatic nitrogens is 2. The molecule has 1 saturated heterocycles. The van der Waals surface area contributed by atoms with Gasteiger partial charge in [-0.25, -0.2) is 9.97 Å². The molecule has 1 aliphatic rings. The van der Waals surface area contributed by atoms with Crippen LogP contribution in [0.1, 0.15) is 23.0 Å². The molecule has 1 aromatic carbocycles. The van der Waals surface area contributed by atoms with Crippen LogP contribution in [-0.4, -0.2) is 67.7 Å².